The molecule has 6 rings (SSSR count). The normalized spacial score (nSPS) is 12.4. The van der Waals surface area contributed by atoms with Gasteiger partial charge in [-0.25, -0.2) is 0 Å². The molecule has 0 atom stereocenters. The van der Waals surface area contributed by atoms with Gasteiger partial charge in [-0.15, -0.1) is 22.7 Å². The van der Waals surface area contributed by atoms with Crippen molar-refractivity contribution in [1.82, 2.24) is 20.6 Å². The van der Waals surface area contributed by atoms with E-state index in [1.54, 1.807) is 0 Å². The molecule has 0 aliphatic carbocycles. The van der Waals surface area contributed by atoms with Gasteiger partial charge in [0.1, 0.15) is 36.1 Å². The molecule has 22 heteroatoms. The van der Waals surface area contributed by atoms with Crippen LogP contribution in [-0.4, -0.2) is 47.8 Å². The molecule has 2 aromatic carbocycles. The van der Waals surface area contributed by atoms with Crippen LogP contribution in [0.25, 0.3) is 21.8 Å². The number of aromatic amines is 2. The van der Waals surface area contributed by atoms with Gasteiger partial charge in [-0.1, -0.05) is 0 Å². The van der Waals surface area contributed by atoms with E-state index in [0.717, 1.165) is 43.8 Å². The van der Waals surface area contributed by atoms with E-state index in [1.165, 1.54) is 48.9 Å². The summed E-state index contributed by atoms with van der Waals surface area (Å²) in [4.78, 5) is 40.5. The molecular weight excluding hydrogens is 815 g/mol. The lowest BCUT2D eigenvalue weighted by molar-refractivity contribution is -0.137. The van der Waals surface area contributed by atoms with Crippen LogP contribution in [0.2, 0.25) is 0 Å². The van der Waals surface area contributed by atoms with Gasteiger partial charge in [-0.2, -0.15) is 26.3 Å². The summed E-state index contributed by atoms with van der Waals surface area (Å²) in [6, 6.07) is 14.1. The second kappa shape index (κ2) is 18.0. The first-order chi connectivity index (χ1) is 27.4. The van der Waals surface area contributed by atoms with Crippen molar-refractivity contribution in [3.8, 4) is 11.5 Å². The van der Waals surface area contributed by atoms with E-state index in [-0.39, 0.29) is 69.8 Å². The summed E-state index contributed by atoms with van der Waals surface area (Å²) in [5.41, 5.74) is 20.2. The molecule has 4 aromatic heterocycles. The third kappa shape index (κ3) is 10.4. The molecule has 0 aliphatic rings. The maximum absolute atomic E-state index is 13.6. The molecule has 14 nitrogen and oxygen atoms in total. The number of ether oxygens (including phenoxy) is 2. The number of nitrogens with zero attached hydrogens (tertiary/aromatic N) is 2. The third-order valence-corrected chi connectivity index (χ3v) is 10.3. The monoisotopic (exact) mass is 850 g/mol. The number of amides is 2. The van der Waals surface area contributed by atoms with E-state index in [0.29, 0.717) is 13.1 Å². The van der Waals surface area contributed by atoms with Crippen LogP contribution in [-0.2, 0) is 38.7 Å². The highest BCUT2D eigenvalue weighted by Gasteiger charge is 2.35. The van der Waals surface area contributed by atoms with Gasteiger partial charge in [0, 0.05) is 63.5 Å². The van der Waals surface area contributed by atoms with Crippen molar-refractivity contribution in [1.29, 1.82) is 0 Å². The average molecular weight is 851 g/mol. The Kier molecular flexibility index (Phi) is 13.4. The standard InChI is InChI=1S/2C18H18F3N5O2S/c1-24-17(23)26-16(27)15-6-12-13(18(19,20)21)4-9(5-14(12)25-15)28-8-11-3-2-10(7-22)29-11;1-24-17(23)26-16(27)13-6-11-12(18(19,20)21)4-5-14(15(11)25-13)28-8-10-3-2-9(7-22)29-10/h2*2-6,25H,7-8,22H2,1H3,(H3,23,24,26,27). The van der Waals surface area contributed by atoms with Crippen LogP contribution in [0.5, 0.6) is 11.5 Å². The number of nitrogens with two attached hydrogens (primary N) is 4. The van der Waals surface area contributed by atoms with Crippen molar-refractivity contribution in [2.24, 2.45) is 32.9 Å². The number of hydrogen-bond donors (Lipinski definition) is 8. The summed E-state index contributed by atoms with van der Waals surface area (Å²) in [5, 5.41) is 4.22. The zero-order valence-corrected chi connectivity index (χ0v) is 32.2. The Morgan fingerprint density at radius 1 is 0.672 bits per heavy atom. The van der Waals surface area contributed by atoms with Crippen molar-refractivity contribution in [3.05, 3.63) is 103 Å². The smallest absolute Gasteiger partial charge is 0.417 e. The molecule has 0 spiro atoms. The number of thiophene rings is 2. The SMILES string of the molecule is CN=C(N)NC(=O)c1cc2c(C(F)(F)F)cc(OCc3ccc(CN)s3)cc2[nH]1.CN=C(N)NC(=O)c1cc2c(C(F)(F)F)ccc(OCc3ccc(CN)s3)c2[nH]1. The van der Waals surface area contributed by atoms with Gasteiger partial charge in [0.05, 0.1) is 22.2 Å². The number of hydrogen-bond acceptors (Lipinski definition) is 10. The molecule has 0 radical (unpaired) electrons. The number of fused-ring (bicyclic) bond motifs is 2. The molecule has 58 heavy (non-hydrogen) atoms. The Labute approximate surface area is 333 Å². The minimum absolute atomic E-state index is 0.0240. The maximum Gasteiger partial charge on any atom is 0.417 e. The van der Waals surface area contributed by atoms with Gasteiger partial charge in [0.15, 0.2) is 11.9 Å². The summed E-state index contributed by atoms with van der Waals surface area (Å²) in [6.45, 7) is 1.04. The number of H-pyrrole nitrogens is 2. The molecule has 0 saturated carbocycles. The molecule has 0 saturated heterocycles. The maximum atomic E-state index is 13.6. The van der Waals surface area contributed by atoms with Crippen LogP contribution in [0.1, 0.15) is 51.6 Å². The van der Waals surface area contributed by atoms with E-state index in [4.69, 9.17) is 32.4 Å². The van der Waals surface area contributed by atoms with Gasteiger partial charge < -0.3 is 42.4 Å². The number of aromatic nitrogens is 2. The zero-order chi connectivity index (χ0) is 42.4. The number of guanidine groups is 2. The topological polar surface area (TPSA) is 237 Å². The van der Waals surface area contributed by atoms with Gasteiger partial charge in [-0.05, 0) is 54.6 Å². The number of halogens is 6. The molecule has 0 unspecified atom stereocenters. The predicted octanol–water partition coefficient (Wildman–Crippen LogP) is 5.92. The molecule has 12 N–H and O–H groups in total. The summed E-state index contributed by atoms with van der Waals surface area (Å²) in [7, 11) is 2.74. The predicted molar refractivity (Wildman–Crippen MR) is 210 cm³/mol. The molecule has 308 valence electrons. The lowest BCUT2D eigenvalue weighted by Crippen LogP contribution is -2.36. The Balaban J connectivity index is 0.000000221. The second-order valence-electron chi connectivity index (χ2n) is 12.0. The lowest BCUT2D eigenvalue weighted by Gasteiger charge is -2.11. The summed E-state index contributed by atoms with van der Waals surface area (Å²) in [5.74, 6) is -1.51. The quantitative estimate of drug-likeness (QED) is 0.0467. The average Bonchev–Trinajstić information content (AvgIpc) is 4.01. The van der Waals surface area contributed by atoms with E-state index in [2.05, 4.69) is 30.6 Å². The van der Waals surface area contributed by atoms with E-state index >= 15 is 0 Å². The van der Waals surface area contributed by atoms with Crippen molar-refractivity contribution < 1.29 is 45.4 Å². The highest BCUT2D eigenvalue weighted by atomic mass is 32.1. The first-order valence-corrected chi connectivity index (χ1v) is 18.4. The number of nitrogens with one attached hydrogen (secondary N) is 4. The Morgan fingerprint density at radius 2 is 1.17 bits per heavy atom. The molecular formula is C36H36F6N10O4S2. The number of benzene rings is 2. The minimum Gasteiger partial charge on any atom is -0.488 e. The molecule has 2 amide bonds. The van der Waals surface area contributed by atoms with Crippen LogP contribution in [0, 0.1) is 0 Å². The Bertz CT molecular complexity index is 2480. The van der Waals surface area contributed by atoms with Crippen LogP contribution in [0.4, 0.5) is 26.3 Å². The molecule has 4 heterocycles. The fraction of sp³-hybridized carbons (Fsp3) is 0.222. The van der Waals surface area contributed by atoms with Gasteiger partial charge in [0.2, 0.25) is 0 Å². The number of carbonyl (C=O) groups is 2. The summed E-state index contributed by atoms with van der Waals surface area (Å²) in [6.07, 6.45) is -9.23. The highest BCUT2D eigenvalue weighted by Crippen LogP contribution is 2.40. The van der Waals surface area contributed by atoms with Crippen molar-refractivity contribution >= 4 is 68.2 Å². The fourth-order valence-corrected chi connectivity index (χ4v) is 6.96. The minimum atomic E-state index is -4.63. The van der Waals surface area contributed by atoms with Crippen LogP contribution in [0.15, 0.2) is 70.6 Å². The first-order valence-electron chi connectivity index (χ1n) is 16.8. The van der Waals surface area contributed by atoms with Crippen molar-refractivity contribution in [3.63, 3.8) is 0 Å². The third-order valence-electron chi connectivity index (χ3n) is 8.12. The van der Waals surface area contributed by atoms with Crippen molar-refractivity contribution in [2.45, 2.75) is 38.7 Å². The number of alkyl halides is 6. The van der Waals surface area contributed by atoms with E-state index in [1.807, 2.05) is 24.3 Å². The largest absolute Gasteiger partial charge is 0.488 e. The lowest BCUT2D eigenvalue weighted by atomic mass is 10.1. The van der Waals surface area contributed by atoms with Crippen molar-refractivity contribution in [2.75, 3.05) is 14.1 Å². The van der Waals surface area contributed by atoms with Gasteiger partial charge in [-0.3, -0.25) is 30.2 Å². The molecule has 0 bridgehead atoms. The molecule has 6 aromatic rings. The van der Waals surface area contributed by atoms with Crippen LogP contribution < -0.4 is 43.0 Å². The Morgan fingerprint density at radius 3 is 1.67 bits per heavy atom. The first kappa shape index (κ1) is 43.0. The second-order valence-corrected chi connectivity index (χ2v) is 14.5. The molecule has 0 aliphatic heterocycles. The van der Waals surface area contributed by atoms with Crippen LogP contribution in [0.3, 0.4) is 0 Å². The van der Waals surface area contributed by atoms with Gasteiger partial charge >= 0.3 is 12.4 Å². The van der Waals surface area contributed by atoms with Gasteiger partial charge in [0.25, 0.3) is 11.8 Å². The summed E-state index contributed by atoms with van der Waals surface area (Å²) >= 11 is 2.88. The zero-order valence-electron chi connectivity index (χ0n) is 30.5. The van der Waals surface area contributed by atoms with E-state index < -0.39 is 35.3 Å². The number of aliphatic imine (C=N–C) groups is 2. The summed E-state index contributed by atoms with van der Waals surface area (Å²) < 4.78 is 92.2. The van der Waals surface area contributed by atoms with E-state index in [9.17, 15) is 35.9 Å². The fourth-order valence-electron chi connectivity index (χ4n) is 5.34. The Hall–Kier alpha value is -6.10. The number of carbonyl (C=O) groups excluding carboxylic acids is 2. The number of rotatable bonds is 10. The highest BCUT2D eigenvalue weighted by molar-refractivity contribution is 7.12. The van der Waals surface area contributed by atoms with Crippen LogP contribution >= 0.6 is 22.7 Å². The molecule has 0 fully saturated rings.